The van der Waals surface area contributed by atoms with E-state index in [2.05, 4.69) is 26.5 Å². The average Bonchev–Trinajstić information content (AvgIpc) is 3.39. The molecule has 0 saturated heterocycles. The van der Waals surface area contributed by atoms with E-state index in [4.69, 9.17) is 32.7 Å². The largest absolute Gasteiger partial charge is 0.493 e. The van der Waals surface area contributed by atoms with E-state index in [1.807, 2.05) is 59.4 Å². The zero-order chi connectivity index (χ0) is 24.8. The third-order valence-corrected chi connectivity index (χ3v) is 6.23. The van der Waals surface area contributed by atoms with Crippen LogP contribution in [0.3, 0.4) is 0 Å². The molecule has 1 heterocycles. The molecule has 4 rings (SSSR count). The molecular weight excluding hydrogens is 553 g/mol. The van der Waals surface area contributed by atoms with Crippen LogP contribution in [0, 0.1) is 0 Å². The molecule has 9 heteroatoms. The van der Waals surface area contributed by atoms with Gasteiger partial charge in [-0.1, -0.05) is 41.4 Å². The van der Waals surface area contributed by atoms with Crippen LogP contribution < -0.4 is 14.9 Å². The number of carbonyl (C=O) groups excluding carboxylic acids is 1. The summed E-state index contributed by atoms with van der Waals surface area (Å²) in [5.41, 5.74) is 5.34. The van der Waals surface area contributed by atoms with E-state index in [0.29, 0.717) is 37.1 Å². The lowest BCUT2D eigenvalue weighted by atomic mass is 10.1. The lowest BCUT2D eigenvalue weighted by Gasteiger charge is -2.14. The Kier molecular flexibility index (Phi) is 8.13. The monoisotopic (exact) mass is 571 g/mol. The summed E-state index contributed by atoms with van der Waals surface area (Å²) < 4.78 is 14.0. The van der Waals surface area contributed by atoms with Crippen LogP contribution in [0.15, 0.2) is 88.7 Å². The zero-order valence-electron chi connectivity index (χ0n) is 18.5. The Balaban J connectivity index is 1.47. The quantitative estimate of drug-likeness (QED) is 0.184. The molecule has 0 aliphatic rings. The maximum atomic E-state index is 12.8. The lowest BCUT2D eigenvalue weighted by Crippen LogP contribution is -2.19. The Hall–Kier alpha value is -3.26. The van der Waals surface area contributed by atoms with Gasteiger partial charge in [0, 0.05) is 28.0 Å². The number of para-hydroxylation sites is 1. The number of aromatic nitrogens is 1. The van der Waals surface area contributed by atoms with Crippen LogP contribution in [0.1, 0.15) is 21.5 Å². The van der Waals surface area contributed by atoms with Gasteiger partial charge >= 0.3 is 0 Å². The number of nitrogens with one attached hydrogen (secondary N) is 1. The number of nitrogens with zero attached hydrogens (tertiary/aromatic N) is 2. The molecule has 35 heavy (non-hydrogen) atoms. The Labute approximate surface area is 221 Å². The van der Waals surface area contributed by atoms with E-state index in [9.17, 15) is 4.79 Å². The first-order valence-electron chi connectivity index (χ1n) is 10.5. The zero-order valence-corrected chi connectivity index (χ0v) is 21.6. The molecule has 0 unspecified atom stereocenters. The number of amides is 1. The highest BCUT2D eigenvalue weighted by Gasteiger charge is 2.14. The predicted molar refractivity (Wildman–Crippen MR) is 142 cm³/mol. The van der Waals surface area contributed by atoms with Gasteiger partial charge in [0.25, 0.3) is 5.91 Å². The van der Waals surface area contributed by atoms with Crippen molar-refractivity contribution in [1.29, 1.82) is 0 Å². The van der Waals surface area contributed by atoms with Gasteiger partial charge in [0.2, 0.25) is 0 Å². The molecule has 1 amide bonds. The molecule has 0 atom stereocenters. The smallest absolute Gasteiger partial charge is 0.273 e. The summed E-state index contributed by atoms with van der Waals surface area (Å²) in [6.07, 6.45) is 5.29. The molecule has 178 valence electrons. The summed E-state index contributed by atoms with van der Waals surface area (Å²) in [4.78, 5) is 12.8. The van der Waals surface area contributed by atoms with Gasteiger partial charge in [-0.15, -0.1) is 0 Å². The molecule has 0 radical (unpaired) electrons. The van der Waals surface area contributed by atoms with Crippen LogP contribution in [0.4, 0.5) is 0 Å². The van der Waals surface area contributed by atoms with Crippen LogP contribution in [0.25, 0.3) is 5.69 Å². The fourth-order valence-electron chi connectivity index (χ4n) is 3.35. The van der Waals surface area contributed by atoms with Crippen LogP contribution in [-0.2, 0) is 6.61 Å². The molecular formula is C26H20BrCl2N3O3. The Morgan fingerprint density at radius 2 is 1.86 bits per heavy atom. The predicted octanol–water partition coefficient (Wildman–Crippen LogP) is 6.90. The van der Waals surface area contributed by atoms with E-state index in [1.165, 1.54) is 6.21 Å². The second-order valence-electron chi connectivity index (χ2n) is 7.37. The number of rotatable bonds is 8. The van der Waals surface area contributed by atoms with Crippen molar-refractivity contribution in [2.24, 2.45) is 5.10 Å². The molecule has 1 aromatic heterocycles. The van der Waals surface area contributed by atoms with Crippen LogP contribution in [0.2, 0.25) is 10.0 Å². The van der Waals surface area contributed by atoms with Crippen molar-refractivity contribution in [2.45, 2.75) is 6.61 Å². The Bertz CT molecular complexity index is 1370. The van der Waals surface area contributed by atoms with Crippen molar-refractivity contribution in [3.8, 4) is 17.2 Å². The van der Waals surface area contributed by atoms with Crippen molar-refractivity contribution < 1.29 is 14.3 Å². The first kappa shape index (κ1) is 24.9. The van der Waals surface area contributed by atoms with Gasteiger partial charge in [0.15, 0.2) is 11.5 Å². The number of ether oxygens (including phenoxy) is 2. The van der Waals surface area contributed by atoms with Gasteiger partial charge < -0.3 is 14.0 Å². The SMILES string of the molecule is COc1cc(/C=N/NC(=O)c2ccccc2-n2cccc2)cc(Br)c1OCc1ccc(Cl)cc1Cl. The minimum absolute atomic E-state index is 0.231. The minimum Gasteiger partial charge on any atom is -0.493 e. The second kappa shape index (κ2) is 11.4. The number of carbonyl (C=O) groups is 1. The highest BCUT2D eigenvalue weighted by molar-refractivity contribution is 9.10. The van der Waals surface area contributed by atoms with Gasteiger partial charge in [-0.05, 0) is 70.0 Å². The third kappa shape index (κ3) is 6.06. The maximum absolute atomic E-state index is 12.8. The fraction of sp³-hybridized carbons (Fsp3) is 0.0769. The topological polar surface area (TPSA) is 64.8 Å². The summed E-state index contributed by atoms with van der Waals surface area (Å²) in [6.45, 7) is 0.231. The van der Waals surface area contributed by atoms with E-state index in [1.54, 1.807) is 31.4 Å². The van der Waals surface area contributed by atoms with Crippen LogP contribution in [0.5, 0.6) is 11.5 Å². The molecule has 0 saturated carbocycles. The van der Waals surface area contributed by atoms with Crippen molar-refractivity contribution in [1.82, 2.24) is 9.99 Å². The van der Waals surface area contributed by atoms with E-state index >= 15 is 0 Å². The Morgan fingerprint density at radius 3 is 2.60 bits per heavy atom. The maximum Gasteiger partial charge on any atom is 0.273 e. The summed E-state index contributed by atoms with van der Waals surface area (Å²) >= 11 is 15.7. The van der Waals surface area contributed by atoms with Crippen molar-refractivity contribution in [2.75, 3.05) is 7.11 Å². The average molecular weight is 573 g/mol. The van der Waals surface area contributed by atoms with E-state index < -0.39 is 0 Å². The standard InChI is InChI=1S/C26H20BrCl2N3O3/c1-34-24-13-17(12-21(27)25(24)35-16-18-8-9-19(28)14-22(18)29)15-30-31-26(33)20-6-2-3-7-23(20)32-10-4-5-11-32/h2-15H,16H2,1H3,(H,31,33)/b30-15+. The molecule has 1 N–H and O–H groups in total. The van der Waals surface area contributed by atoms with E-state index in [0.717, 1.165) is 11.3 Å². The molecule has 4 aromatic rings. The molecule has 0 aliphatic carbocycles. The first-order chi connectivity index (χ1) is 17.0. The second-order valence-corrected chi connectivity index (χ2v) is 9.06. The number of benzene rings is 3. The summed E-state index contributed by atoms with van der Waals surface area (Å²) in [5.74, 6) is 0.687. The third-order valence-electron chi connectivity index (χ3n) is 5.05. The number of hydrogen-bond donors (Lipinski definition) is 1. The van der Waals surface area contributed by atoms with Crippen molar-refractivity contribution in [3.05, 3.63) is 110 Å². The van der Waals surface area contributed by atoms with Gasteiger partial charge in [0.05, 0.1) is 29.0 Å². The van der Waals surface area contributed by atoms with Gasteiger partial charge in [0.1, 0.15) is 6.61 Å². The van der Waals surface area contributed by atoms with E-state index in [-0.39, 0.29) is 12.5 Å². The number of methoxy groups -OCH3 is 1. The normalized spacial score (nSPS) is 11.0. The number of hydrazone groups is 1. The van der Waals surface area contributed by atoms with Crippen molar-refractivity contribution >= 4 is 51.3 Å². The Morgan fingerprint density at radius 1 is 1.09 bits per heavy atom. The molecule has 0 fully saturated rings. The molecule has 6 nitrogen and oxygen atoms in total. The van der Waals surface area contributed by atoms with Gasteiger partial charge in [-0.25, -0.2) is 5.43 Å². The molecule has 0 spiro atoms. The lowest BCUT2D eigenvalue weighted by molar-refractivity contribution is 0.0955. The fourth-order valence-corrected chi connectivity index (χ4v) is 4.39. The highest BCUT2D eigenvalue weighted by atomic mass is 79.9. The first-order valence-corrected chi connectivity index (χ1v) is 12.0. The van der Waals surface area contributed by atoms with Gasteiger partial charge in [-0.2, -0.15) is 5.10 Å². The molecule has 0 bridgehead atoms. The van der Waals surface area contributed by atoms with Crippen LogP contribution in [-0.4, -0.2) is 23.8 Å². The highest BCUT2D eigenvalue weighted by Crippen LogP contribution is 2.37. The minimum atomic E-state index is -0.323. The van der Waals surface area contributed by atoms with Crippen LogP contribution >= 0.6 is 39.1 Å². The molecule has 3 aromatic carbocycles. The summed E-state index contributed by atoms with van der Waals surface area (Å²) in [6, 6.07) is 19.9. The summed E-state index contributed by atoms with van der Waals surface area (Å²) in [5, 5.41) is 5.19. The van der Waals surface area contributed by atoms with Gasteiger partial charge in [-0.3, -0.25) is 4.79 Å². The molecule has 0 aliphatic heterocycles. The number of halogens is 3. The van der Waals surface area contributed by atoms with Crippen molar-refractivity contribution in [3.63, 3.8) is 0 Å². The number of hydrogen-bond acceptors (Lipinski definition) is 4. The summed E-state index contributed by atoms with van der Waals surface area (Å²) in [7, 11) is 1.55.